The van der Waals surface area contributed by atoms with Gasteiger partial charge in [0.25, 0.3) is 0 Å². The molecule has 1 atom stereocenters. The first kappa shape index (κ1) is 22.0. The lowest BCUT2D eigenvalue weighted by molar-refractivity contribution is -0.126. The van der Waals surface area contributed by atoms with Crippen LogP contribution in [0.25, 0.3) is 0 Å². The molecule has 0 spiro atoms. The van der Waals surface area contributed by atoms with Crippen molar-refractivity contribution >= 4 is 33.5 Å². The minimum atomic E-state index is -3.63. The first-order valence-corrected chi connectivity index (χ1v) is 12.9. The highest BCUT2D eigenvalue weighted by atomic mass is 32.2. The SMILES string of the molecule is CC(=O)c1ccc(S(=O)(=O)N2CCC(C(=O)N[C@@H]3CCSc4ccccc43)CC2)cc1. The monoisotopic (exact) mass is 458 g/mol. The lowest BCUT2D eigenvalue weighted by Crippen LogP contribution is -2.44. The predicted molar refractivity (Wildman–Crippen MR) is 121 cm³/mol. The van der Waals surface area contributed by atoms with Gasteiger partial charge >= 0.3 is 0 Å². The Kier molecular flexibility index (Phi) is 6.50. The number of nitrogens with one attached hydrogen (secondary N) is 1. The van der Waals surface area contributed by atoms with Crippen LogP contribution in [0.2, 0.25) is 0 Å². The summed E-state index contributed by atoms with van der Waals surface area (Å²) < 4.78 is 27.3. The largest absolute Gasteiger partial charge is 0.349 e. The van der Waals surface area contributed by atoms with Gasteiger partial charge in [-0.05, 0) is 49.9 Å². The summed E-state index contributed by atoms with van der Waals surface area (Å²) in [6, 6.07) is 14.2. The summed E-state index contributed by atoms with van der Waals surface area (Å²) in [4.78, 5) is 25.7. The quantitative estimate of drug-likeness (QED) is 0.692. The Hall–Kier alpha value is -2.16. The van der Waals surface area contributed by atoms with Crippen molar-refractivity contribution in [3.05, 3.63) is 59.7 Å². The summed E-state index contributed by atoms with van der Waals surface area (Å²) in [5.41, 5.74) is 1.65. The number of rotatable bonds is 5. The van der Waals surface area contributed by atoms with Crippen molar-refractivity contribution < 1.29 is 18.0 Å². The molecule has 1 N–H and O–H groups in total. The first-order chi connectivity index (χ1) is 14.9. The summed E-state index contributed by atoms with van der Waals surface area (Å²) in [5.74, 6) is 0.693. The van der Waals surface area contributed by atoms with E-state index in [1.54, 1.807) is 0 Å². The molecule has 1 saturated heterocycles. The predicted octanol–water partition coefficient (Wildman–Crippen LogP) is 3.64. The molecule has 2 aliphatic heterocycles. The fourth-order valence-corrected chi connectivity index (χ4v) is 6.75. The number of piperidine rings is 1. The molecule has 0 bridgehead atoms. The molecule has 4 rings (SSSR count). The zero-order valence-corrected chi connectivity index (χ0v) is 19.0. The zero-order chi connectivity index (χ0) is 22.0. The second-order valence-electron chi connectivity index (χ2n) is 8.00. The molecule has 2 aliphatic rings. The van der Waals surface area contributed by atoms with Crippen LogP contribution in [0.1, 0.15) is 48.1 Å². The van der Waals surface area contributed by atoms with Crippen LogP contribution in [0.15, 0.2) is 58.3 Å². The third kappa shape index (κ3) is 4.71. The molecule has 0 unspecified atom stereocenters. The number of carbonyl (C=O) groups is 2. The van der Waals surface area contributed by atoms with E-state index in [-0.39, 0.29) is 28.5 Å². The van der Waals surface area contributed by atoms with E-state index >= 15 is 0 Å². The number of hydrogen-bond acceptors (Lipinski definition) is 5. The maximum Gasteiger partial charge on any atom is 0.243 e. The Labute approximate surface area is 187 Å². The summed E-state index contributed by atoms with van der Waals surface area (Å²) in [6.45, 7) is 2.07. The second kappa shape index (κ2) is 9.14. The van der Waals surface area contributed by atoms with Gasteiger partial charge in [-0.15, -0.1) is 11.8 Å². The Morgan fingerprint density at radius 2 is 1.68 bits per heavy atom. The normalized spacial score (nSPS) is 20.1. The summed E-state index contributed by atoms with van der Waals surface area (Å²) >= 11 is 1.82. The van der Waals surface area contributed by atoms with E-state index in [1.165, 1.54) is 46.0 Å². The fraction of sp³-hybridized carbons (Fsp3) is 0.391. The van der Waals surface area contributed by atoms with Gasteiger partial charge in [-0.2, -0.15) is 4.31 Å². The molecule has 2 heterocycles. The average Bonchev–Trinajstić information content (AvgIpc) is 2.79. The number of benzene rings is 2. The van der Waals surface area contributed by atoms with Crippen molar-refractivity contribution in [1.29, 1.82) is 0 Å². The molecular weight excluding hydrogens is 432 g/mol. The van der Waals surface area contributed by atoms with Crippen LogP contribution in [-0.4, -0.2) is 43.3 Å². The standard InChI is InChI=1S/C23H26N2O4S2/c1-16(26)17-6-8-19(9-7-17)31(28,29)25-13-10-18(11-14-25)23(27)24-21-12-15-30-22-5-3-2-4-20(21)22/h2-9,18,21H,10-15H2,1H3,(H,24,27)/t21-/m1/s1. The molecule has 31 heavy (non-hydrogen) atoms. The number of thioether (sulfide) groups is 1. The Balaban J connectivity index is 1.37. The highest BCUT2D eigenvalue weighted by Crippen LogP contribution is 2.36. The van der Waals surface area contributed by atoms with Gasteiger partial charge in [0, 0.05) is 35.2 Å². The molecule has 2 aromatic carbocycles. The van der Waals surface area contributed by atoms with Crippen LogP contribution < -0.4 is 5.32 Å². The van der Waals surface area contributed by atoms with Crippen LogP contribution in [0.4, 0.5) is 0 Å². The number of amides is 1. The summed E-state index contributed by atoms with van der Waals surface area (Å²) in [6.07, 6.45) is 1.90. The Morgan fingerprint density at radius 1 is 1.00 bits per heavy atom. The minimum Gasteiger partial charge on any atom is -0.349 e. The van der Waals surface area contributed by atoms with Crippen molar-refractivity contribution in [1.82, 2.24) is 9.62 Å². The lowest BCUT2D eigenvalue weighted by Gasteiger charge is -2.32. The molecule has 0 aliphatic carbocycles. The third-order valence-corrected chi connectivity index (χ3v) is 9.03. The van der Waals surface area contributed by atoms with Crippen LogP contribution in [0.3, 0.4) is 0 Å². The van der Waals surface area contributed by atoms with E-state index in [0.29, 0.717) is 31.5 Å². The van der Waals surface area contributed by atoms with E-state index in [2.05, 4.69) is 17.4 Å². The number of hydrogen-bond donors (Lipinski definition) is 1. The number of nitrogens with zero attached hydrogens (tertiary/aromatic N) is 1. The Bertz CT molecular complexity index is 1080. The second-order valence-corrected chi connectivity index (χ2v) is 11.1. The van der Waals surface area contributed by atoms with Crippen molar-refractivity contribution in [3.8, 4) is 0 Å². The molecule has 0 saturated carbocycles. The number of carbonyl (C=O) groups excluding carboxylic acids is 2. The van der Waals surface area contributed by atoms with Crippen LogP contribution in [0.5, 0.6) is 0 Å². The number of fused-ring (bicyclic) bond motifs is 1. The van der Waals surface area contributed by atoms with Crippen LogP contribution >= 0.6 is 11.8 Å². The molecule has 2 aromatic rings. The Morgan fingerprint density at radius 3 is 2.35 bits per heavy atom. The highest BCUT2D eigenvalue weighted by molar-refractivity contribution is 7.99. The minimum absolute atomic E-state index is 0.00885. The van der Waals surface area contributed by atoms with Gasteiger partial charge < -0.3 is 5.32 Å². The molecule has 8 heteroatoms. The molecule has 1 fully saturated rings. The number of ketones is 1. The number of Topliss-reactive ketones (excluding diaryl/α,β-unsaturated/α-hetero) is 1. The first-order valence-electron chi connectivity index (χ1n) is 10.5. The van der Waals surface area contributed by atoms with E-state index in [0.717, 1.165) is 12.2 Å². The van der Waals surface area contributed by atoms with Crippen LogP contribution in [-0.2, 0) is 14.8 Å². The third-order valence-electron chi connectivity index (χ3n) is 6.00. The molecule has 1 amide bonds. The fourth-order valence-electron chi connectivity index (χ4n) is 4.15. The molecular formula is C23H26N2O4S2. The van der Waals surface area contributed by atoms with Crippen molar-refractivity contribution in [2.24, 2.45) is 5.92 Å². The maximum atomic E-state index is 12.9. The lowest BCUT2D eigenvalue weighted by atomic mass is 9.95. The summed E-state index contributed by atoms with van der Waals surface area (Å²) in [5, 5.41) is 3.19. The van der Waals surface area contributed by atoms with Crippen molar-refractivity contribution in [3.63, 3.8) is 0 Å². The zero-order valence-electron chi connectivity index (χ0n) is 17.4. The van der Waals surface area contributed by atoms with Gasteiger partial charge in [0.15, 0.2) is 5.78 Å². The summed E-state index contributed by atoms with van der Waals surface area (Å²) in [7, 11) is -3.63. The van der Waals surface area contributed by atoms with Gasteiger partial charge in [0.05, 0.1) is 10.9 Å². The van der Waals surface area contributed by atoms with E-state index in [1.807, 2.05) is 23.9 Å². The van der Waals surface area contributed by atoms with Gasteiger partial charge in [-0.3, -0.25) is 9.59 Å². The van der Waals surface area contributed by atoms with Gasteiger partial charge in [-0.25, -0.2) is 8.42 Å². The number of sulfonamides is 1. The van der Waals surface area contributed by atoms with Gasteiger partial charge in [0.1, 0.15) is 0 Å². The molecule has 0 radical (unpaired) electrons. The average molecular weight is 459 g/mol. The molecule has 6 nitrogen and oxygen atoms in total. The van der Waals surface area contributed by atoms with Gasteiger partial charge in [-0.1, -0.05) is 30.3 Å². The molecule has 164 valence electrons. The van der Waals surface area contributed by atoms with E-state index in [9.17, 15) is 18.0 Å². The van der Waals surface area contributed by atoms with Crippen molar-refractivity contribution in [2.75, 3.05) is 18.8 Å². The smallest absolute Gasteiger partial charge is 0.243 e. The van der Waals surface area contributed by atoms with Gasteiger partial charge in [0.2, 0.25) is 15.9 Å². The molecule has 0 aromatic heterocycles. The van der Waals surface area contributed by atoms with E-state index < -0.39 is 10.0 Å². The maximum absolute atomic E-state index is 12.9. The van der Waals surface area contributed by atoms with Crippen molar-refractivity contribution in [2.45, 2.75) is 42.0 Å². The van der Waals surface area contributed by atoms with Crippen LogP contribution in [0, 0.1) is 5.92 Å². The van der Waals surface area contributed by atoms with E-state index in [4.69, 9.17) is 0 Å². The highest BCUT2D eigenvalue weighted by Gasteiger charge is 2.33. The topological polar surface area (TPSA) is 83.6 Å².